The highest BCUT2D eigenvalue weighted by Gasteiger charge is 2.48. The van der Waals surface area contributed by atoms with Crippen molar-refractivity contribution in [3.8, 4) is 0 Å². The van der Waals surface area contributed by atoms with E-state index in [4.69, 9.17) is 0 Å². The highest BCUT2D eigenvalue weighted by atomic mass is 32.1. The molecule has 1 aromatic heterocycles. The summed E-state index contributed by atoms with van der Waals surface area (Å²) < 4.78 is 0. The molecule has 1 aliphatic heterocycles. The zero-order valence-corrected chi connectivity index (χ0v) is 17.4. The Morgan fingerprint density at radius 2 is 2.19 bits per heavy atom. The van der Waals surface area contributed by atoms with E-state index in [0.29, 0.717) is 25.9 Å². The van der Waals surface area contributed by atoms with E-state index in [1.54, 1.807) is 17.9 Å². The zero-order chi connectivity index (χ0) is 20.2. The Morgan fingerprint density at radius 3 is 2.74 bits per heavy atom. The van der Waals surface area contributed by atoms with Crippen LogP contribution in [0.4, 0.5) is 4.79 Å². The highest BCUT2D eigenvalue weighted by molar-refractivity contribution is 7.10. The van der Waals surface area contributed by atoms with Crippen LogP contribution >= 0.6 is 11.3 Å². The number of thiophene rings is 1. The van der Waals surface area contributed by atoms with Gasteiger partial charge in [0, 0.05) is 24.4 Å². The first-order valence-corrected chi connectivity index (χ1v) is 10.1. The lowest BCUT2D eigenvalue weighted by molar-refractivity contribution is -0.129. The Bertz CT molecular complexity index is 665. The van der Waals surface area contributed by atoms with Crippen LogP contribution in [0.2, 0.25) is 0 Å². The van der Waals surface area contributed by atoms with Crippen LogP contribution in [-0.4, -0.2) is 46.7 Å². The van der Waals surface area contributed by atoms with E-state index in [9.17, 15) is 14.7 Å². The summed E-state index contributed by atoms with van der Waals surface area (Å²) in [5.41, 5.74) is -1.28. The molecule has 0 spiro atoms. The van der Waals surface area contributed by atoms with Crippen molar-refractivity contribution >= 4 is 23.3 Å². The molecular weight excluding hydrogens is 362 g/mol. The van der Waals surface area contributed by atoms with Crippen LogP contribution in [0.5, 0.6) is 0 Å². The molecule has 1 fully saturated rings. The summed E-state index contributed by atoms with van der Waals surface area (Å²) in [5, 5.41) is 18.8. The molecule has 3 amide bonds. The Labute approximate surface area is 165 Å². The van der Waals surface area contributed by atoms with Gasteiger partial charge in [0.1, 0.15) is 0 Å². The van der Waals surface area contributed by atoms with Gasteiger partial charge in [0.25, 0.3) is 0 Å². The number of carbonyl (C=O) groups excluding carboxylic acids is 2. The third-order valence-electron chi connectivity index (χ3n) is 4.68. The Hall–Kier alpha value is -1.86. The van der Waals surface area contributed by atoms with Crippen LogP contribution < -0.4 is 10.6 Å². The van der Waals surface area contributed by atoms with E-state index in [-0.39, 0.29) is 17.4 Å². The van der Waals surface area contributed by atoms with Crippen molar-refractivity contribution in [2.45, 2.75) is 58.2 Å². The fraction of sp³-hybridized carbons (Fsp3) is 0.600. The van der Waals surface area contributed by atoms with Crippen molar-refractivity contribution in [1.82, 2.24) is 15.5 Å². The van der Waals surface area contributed by atoms with Gasteiger partial charge in [0.2, 0.25) is 5.91 Å². The number of amides is 3. The molecule has 2 rings (SSSR count). The second kappa shape index (κ2) is 8.44. The molecule has 6 nitrogen and oxygen atoms in total. The number of nitrogens with zero attached hydrogens (tertiary/aromatic N) is 1. The van der Waals surface area contributed by atoms with Gasteiger partial charge in [-0.15, -0.1) is 17.9 Å². The van der Waals surface area contributed by atoms with Crippen molar-refractivity contribution in [1.29, 1.82) is 0 Å². The monoisotopic (exact) mass is 393 g/mol. The van der Waals surface area contributed by atoms with Crippen molar-refractivity contribution in [2.24, 2.45) is 5.41 Å². The van der Waals surface area contributed by atoms with Gasteiger partial charge in [0.15, 0.2) is 0 Å². The van der Waals surface area contributed by atoms with Crippen LogP contribution in [-0.2, 0) is 4.79 Å². The van der Waals surface area contributed by atoms with Gasteiger partial charge in [-0.05, 0) is 30.2 Å². The maximum absolute atomic E-state index is 12.7. The van der Waals surface area contributed by atoms with Crippen LogP contribution in [0.15, 0.2) is 30.2 Å². The molecule has 0 unspecified atom stereocenters. The lowest BCUT2D eigenvalue weighted by Crippen LogP contribution is -2.64. The minimum Gasteiger partial charge on any atom is -0.388 e. The third-order valence-corrected chi connectivity index (χ3v) is 5.62. The lowest BCUT2D eigenvalue weighted by Gasteiger charge is -2.48. The van der Waals surface area contributed by atoms with Crippen molar-refractivity contribution in [2.75, 3.05) is 13.1 Å². The summed E-state index contributed by atoms with van der Waals surface area (Å²) in [7, 11) is 0. The van der Waals surface area contributed by atoms with Gasteiger partial charge in [-0.2, -0.15) is 0 Å². The minimum atomic E-state index is -1.11. The fourth-order valence-corrected chi connectivity index (χ4v) is 4.24. The average Bonchev–Trinajstić information content (AvgIpc) is 3.06. The molecule has 27 heavy (non-hydrogen) atoms. The van der Waals surface area contributed by atoms with Gasteiger partial charge in [-0.1, -0.05) is 32.9 Å². The molecule has 0 radical (unpaired) electrons. The number of aliphatic hydroxyl groups is 1. The van der Waals surface area contributed by atoms with Crippen LogP contribution in [0.3, 0.4) is 0 Å². The first kappa shape index (κ1) is 21.4. The maximum Gasteiger partial charge on any atom is 0.318 e. The number of hydrogen-bond donors (Lipinski definition) is 3. The van der Waals surface area contributed by atoms with E-state index in [1.165, 1.54) is 11.3 Å². The topological polar surface area (TPSA) is 81.7 Å². The van der Waals surface area contributed by atoms with Gasteiger partial charge in [0.05, 0.1) is 17.7 Å². The van der Waals surface area contributed by atoms with E-state index in [2.05, 4.69) is 17.2 Å². The molecule has 0 aliphatic carbocycles. The molecule has 3 atom stereocenters. The number of nitrogens with one attached hydrogen (secondary N) is 2. The lowest BCUT2D eigenvalue weighted by atomic mass is 9.81. The standard InChI is InChI=1S/C20H31N3O3S/c1-6-10-21-18(25)23-11-9-20(5,26)17(16(23)14-8-7-12-27-14)22-15(24)13-19(2,3)4/h6-8,12,16-17,26H,1,9-11,13H2,2-5H3,(H,21,25)(H,22,24)/t16-,17-,20+/m0/s1. The summed E-state index contributed by atoms with van der Waals surface area (Å²) >= 11 is 1.51. The molecular formula is C20H31N3O3S. The van der Waals surface area contributed by atoms with Crippen molar-refractivity contribution in [3.05, 3.63) is 35.0 Å². The van der Waals surface area contributed by atoms with Crippen molar-refractivity contribution < 1.29 is 14.7 Å². The Balaban J connectivity index is 2.33. The maximum atomic E-state index is 12.7. The van der Waals surface area contributed by atoms with Gasteiger partial charge < -0.3 is 20.6 Å². The summed E-state index contributed by atoms with van der Waals surface area (Å²) in [6, 6.07) is 2.61. The third kappa shape index (κ3) is 5.56. The average molecular weight is 394 g/mol. The Morgan fingerprint density at radius 1 is 1.48 bits per heavy atom. The van der Waals surface area contributed by atoms with Crippen LogP contribution in [0, 0.1) is 5.41 Å². The van der Waals surface area contributed by atoms with Gasteiger partial charge in [-0.3, -0.25) is 4.79 Å². The Kier molecular flexibility index (Phi) is 6.70. The second-order valence-electron chi connectivity index (χ2n) is 8.52. The van der Waals surface area contributed by atoms with Crippen molar-refractivity contribution in [3.63, 3.8) is 0 Å². The normalized spacial score (nSPS) is 25.7. The van der Waals surface area contributed by atoms with E-state index < -0.39 is 17.7 Å². The molecule has 1 aromatic rings. The SMILES string of the molecule is C=CCNC(=O)N1CC[C@@](C)(O)[C@@H](NC(=O)CC(C)(C)C)[C@@H]1c1cccs1. The largest absolute Gasteiger partial charge is 0.388 e. The quantitative estimate of drug-likeness (QED) is 0.673. The summed E-state index contributed by atoms with van der Waals surface area (Å²) in [6.45, 7) is 12.1. The van der Waals surface area contributed by atoms with E-state index in [0.717, 1.165) is 4.88 Å². The zero-order valence-electron chi connectivity index (χ0n) is 16.6. The molecule has 7 heteroatoms. The number of carbonyl (C=O) groups is 2. The summed E-state index contributed by atoms with van der Waals surface area (Å²) in [6.07, 6.45) is 2.36. The van der Waals surface area contributed by atoms with Crippen LogP contribution in [0.25, 0.3) is 0 Å². The predicted molar refractivity (Wildman–Crippen MR) is 109 cm³/mol. The van der Waals surface area contributed by atoms with E-state index in [1.807, 2.05) is 38.3 Å². The fourth-order valence-electron chi connectivity index (χ4n) is 3.37. The second-order valence-corrected chi connectivity index (χ2v) is 9.50. The number of hydrogen-bond acceptors (Lipinski definition) is 4. The molecule has 2 heterocycles. The van der Waals surface area contributed by atoms with E-state index >= 15 is 0 Å². The minimum absolute atomic E-state index is 0.123. The smallest absolute Gasteiger partial charge is 0.318 e. The summed E-state index contributed by atoms with van der Waals surface area (Å²) in [4.78, 5) is 28.0. The number of likely N-dealkylation sites (tertiary alicyclic amines) is 1. The van der Waals surface area contributed by atoms with Gasteiger partial charge >= 0.3 is 6.03 Å². The first-order chi connectivity index (χ1) is 12.5. The summed E-state index contributed by atoms with van der Waals surface area (Å²) in [5.74, 6) is -0.123. The number of rotatable bonds is 5. The molecule has 3 N–H and O–H groups in total. The molecule has 0 aromatic carbocycles. The molecule has 0 bridgehead atoms. The molecule has 1 aliphatic rings. The highest BCUT2D eigenvalue weighted by Crippen LogP contribution is 2.39. The molecule has 150 valence electrons. The predicted octanol–water partition coefficient (Wildman–Crippen LogP) is 3.06. The van der Waals surface area contributed by atoms with Gasteiger partial charge in [-0.25, -0.2) is 4.79 Å². The molecule has 1 saturated heterocycles. The molecule has 0 saturated carbocycles. The first-order valence-electron chi connectivity index (χ1n) is 9.26. The van der Waals surface area contributed by atoms with Crippen LogP contribution in [0.1, 0.15) is 51.5 Å². The number of urea groups is 1. The number of piperidine rings is 1.